The molecule has 5 heteroatoms. The minimum atomic E-state index is -0.935. The molecule has 2 fully saturated rings. The third-order valence-electron chi connectivity index (χ3n) is 3.24. The average Bonchev–Trinajstić information content (AvgIpc) is 3.15. The quantitative estimate of drug-likeness (QED) is 0.578. The number of hydrogen-bond donors (Lipinski definition) is 2. The van der Waals surface area contributed by atoms with Crippen molar-refractivity contribution in [2.24, 2.45) is 0 Å². The van der Waals surface area contributed by atoms with Crippen LogP contribution in [0.5, 0.6) is 0 Å². The summed E-state index contributed by atoms with van der Waals surface area (Å²) in [6.07, 6.45) is 10.1. The number of ether oxygens (including phenoxy) is 1. The van der Waals surface area contributed by atoms with Crippen LogP contribution < -0.4 is 0 Å². The summed E-state index contributed by atoms with van der Waals surface area (Å²) >= 11 is 0. The first-order chi connectivity index (χ1) is 10.6. The van der Waals surface area contributed by atoms with Crippen LogP contribution in [0.15, 0.2) is 24.3 Å². The Morgan fingerprint density at radius 2 is 0.913 bits per heavy atom. The Bertz CT molecular complexity index is 317. The highest BCUT2D eigenvalue weighted by Gasteiger charge is 2.27. The Morgan fingerprint density at radius 1 is 0.783 bits per heavy atom. The van der Waals surface area contributed by atoms with Gasteiger partial charge in [-0.05, 0) is 27.7 Å². The summed E-state index contributed by atoms with van der Waals surface area (Å²) in [6.45, 7) is 13.4. The molecule has 0 radical (unpaired) electrons. The smallest absolute Gasteiger partial charge is 0.330 e. The van der Waals surface area contributed by atoms with E-state index in [0.717, 1.165) is 0 Å². The lowest BCUT2D eigenvalue weighted by Gasteiger charge is -2.05. The topological polar surface area (TPSA) is 87.1 Å². The maximum atomic E-state index is 9.60. The van der Waals surface area contributed by atoms with E-state index in [9.17, 15) is 9.59 Å². The molecule has 5 nitrogen and oxygen atoms in total. The second-order valence-corrected chi connectivity index (χ2v) is 5.84. The molecule has 23 heavy (non-hydrogen) atoms. The van der Waals surface area contributed by atoms with Crippen molar-refractivity contribution in [3.05, 3.63) is 24.3 Å². The van der Waals surface area contributed by atoms with E-state index >= 15 is 0 Å². The molecule has 0 aromatic carbocycles. The lowest BCUT2D eigenvalue weighted by molar-refractivity contribution is -0.133. The molecule has 2 aliphatic rings. The molecule has 2 rings (SSSR count). The summed E-state index contributed by atoms with van der Waals surface area (Å²) in [5, 5.41) is 15.8. The third-order valence-corrected chi connectivity index (χ3v) is 3.24. The van der Waals surface area contributed by atoms with Gasteiger partial charge >= 0.3 is 11.9 Å². The number of carboxylic acids is 2. The van der Waals surface area contributed by atoms with Crippen molar-refractivity contribution in [2.45, 2.75) is 78.4 Å². The van der Waals surface area contributed by atoms with Crippen molar-refractivity contribution in [2.75, 3.05) is 0 Å². The Balaban J connectivity index is 0. The molecule has 1 aliphatic carbocycles. The molecule has 0 aromatic heterocycles. The van der Waals surface area contributed by atoms with Crippen molar-refractivity contribution >= 4 is 11.9 Å². The van der Waals surface area contributed by atoms with Crippen molar-refractivity contribution in [3.8, 4) is 0 Å². The molecule has 1 heterocycles. The van der Waals surface area contributed by atoms with Gasteiger partial charge in [0, 0.05) is 11.1 Å². The van der Waals surface area contributed by atoms with Crippen molar-refractivity contribution < 1.29 is 24.5 Å². The van der Waals surface area contributed by atoms with E-state index in [1.54, 1.807) is 0 Å². The molecule has 2 unspecified atom stereocenters. The molecule has 2 atom stereocenters. The van der Waals surface area contributed by atoms with Crippen LogP contribution in [0, 0.1) is 0 Å². The molecule has 0 aromatic rings. The summed E-state index contributed by atoms with van der Waals surface area (Å²) < 4.78 is 4.92. The van der Waals surface area contributed by atoms with Gasteiger partial charge in [0.25, 0.3) is 0 Å². The van der Waals surface area contributed by atoms with Crippen molar-refractivity contribution in [3.63, 3.8) is 0 Å². The van der Waals surface area contributed by atoms with Gasteiger partial charge in [-0.25, -0.2) is 9.59 Å². The fraction of sp³-hybridized carbons (Fsp3) is 0.667. The summed E-state index contributed by atoms with van der Waals surface area (Å²) in [7, 11) is 0. The van der Waals surface area contributed by atoms with Gasteiger partial charge in [0.1, 0.15) is 0 Å². The summed E-state index contributed by atoms with van der Waals surface area (Å²) in [5.41, 5.74) is 0.352. The second kappa shape index (κ2) is 14.0. The Labute approximate surface area is 140 Å². The average molecular weight is 328 g/mol. The molecule has 1 aliphatic heterocycles. The zero-order valence-corrected chi connectivity index (χ0v) is 14.9. The molecule has 0 bridgehead atoms. The first-order valence-electron chi connectivity index (χ1n) is 8.02. The fourth-order valence-corrected chi connectivity index (χ4v) is 1.35. The Kier molecular flexibility index (Phi) is 14.4. The standard InChI is InChI=1S/C6H12.2C4H6O2.C4H8O/c1-2-4-6-5-3-1;2*1-3(2)4(5)6;1-3-4(2)5-3/h1-6H2;2*1H2,2H3,(H,5,6);3-4H,1-2H3. The zero-order chi connectivity index (χ0) is 18.4. The van der Waals surface area contributed by atoms with Crippen LogP contribution in [-0.2, 0) is 14.3 Å². The largest absolute Gasteiger partial charge is 0.478 e. The van der Waals surface area contributed by atoms with Crippen LogP contribution in [0.4, 0.5) is 0 Å². The van der Waals surface area contributed by atoms with Crippen LogP contribution in [0.2, 0.25) is 0 Å². The normalized spacial score (nSPS) is 20.9. The van der Waals surface area contributed by atoms with E-state index in [-0.39, 0.29) is 11.1 Å². The highest BCUT2D eigenvalue weighted by atomic mass is 16.6. The number of hydrogen-bond acceptors (Lipinski definition) is 3. The van der Waals surface area contributed by atoms with Gasteiger partial charge in [-0.1, -0.05) is 51.7 Å². The van der Waals surface area contributed by atoms with Crippen molar-refractivity contribution in [1.82, 2.24) is 0 Å². The minimum absolute atomic E-state index is 0.176. The van der Waals surface area contributed by atoms with Gasteiger partial charge in [0.2, 0.25) is 0 Å². The maximum absolute atomic E-state index is 9.60. The molecule has 1 saturated heterocycles. The zero-order valence-electron chi connectivity index (χ0n) is 14.9. The van der Waals surface area contributed by atoms with Crippen molar-refractivity contribution in [1.29, 1.82) is 0 Å². The second-order valence-electron chi connectivity index (χ2n) is 5.84. The molecule has 0 amide bonds. The lowest BCUT2D eigenvalue weighted by atomic mass is 10.0. The summed E-state index contributed by atoms with van der Waals surface area (Å²) in [4.78, 5) is 19.2. The van der Waals surface area contributed by atoms with E-state index in [0.29, 0.717) is 12.2 Å². The van der Waals surface area contributed by atoms with E-state index in [1.165, 1.54) is 52.4 Å². The van der Waals surface area contributed by atoms with Gasteiger partial charge in [-0.3, -0.25) is 0 Å². The SMILES string of the molecule is C1CCCCC1.C=C(C)C(=O)O.C=C(C)C(=O)O.CC1OC1C. The monoisotopic (exact) mass is 328 g/mol. The molecule has 2 N–H and O–H groups in total. The third kappa shape index (κ3) is 20.4. The molecule has 0 spiro atoms. The Hall–Kier alpha value is -1.62. The number of carbonyl (C=O) groups is 2. The van der Waals surface area contributed by atoms with Crippen LogP contribution in [0.3, 0.4) is 0 Å². The van der Waals surface area contributed by atoms with E-state index < -0.39 is 11.9 Å². The number of rotatable bonds is 2. The van der Waals surface area contributed by atoms with Crippen LogP contribution >= 0.6 is 0 Å². The van der Waals surface area contributed by atoms with Crippen LogP contribution in [0.25, 0.3) is 0 Å². The van der Waals surface area contributed by atoms with Gasteiger partial charge < -0.3 is 14.9 Å². The van der Waals surface area contributed by atoms with E-state index in [2.05, 4.69) is 27.0 Å². The highest BCUT2D eigenvalue weighted by molar-refractivity contribution is 5.85. The molecular formula is C18H32O5. The van der Waals surface area contributed by atoms with Crippen LogP contribution in [0.1, 0.15) is 66.2 Å². The maximum Gasteiger partial charge on any atom is 0.330 e. The van der Waals surface area contributed by atoms with Gasteiger partial charge in [0.05, 0.1) is 12.2 Å². The lowest BCUT2D eigenvalue weighted by Crippen LogP contribution is -1.92. The number of aliphatic carboxylic acids is 2. The number of epoxide rings is 1. The fourth-order valence-electron chi connectivity index (χ4n) is 1.35. The van der Waals surface area contributed by atoms with E-state index in [4.69, 9.17) is 14.9 Å². The van der Waals surface area contributed by atoms with Crippen LogP contribution in [-0.4, -0.2) is 34.4 Å². The predicted molar refractivity (Wildman–Crippen MR) is 92.6 cm³/mol. The first kappa shape index (κ1) is 23.6. The van der Waals surface area contributed by atoms with Gasteiger partial charge in [-0.15, -0.1) is 0 Å². The number of carboxylic acid groups (broad SMARTS) is 2. The molecular weight excluding hydrogens is 296 g/mol. The van der Waals surface area contributed by atoms with Gasteiger partial charge in [0.15, 0.2) is 0 Å². The summed E-state index contributed by atoms with van der Waals surface area (Å²) in [6, 6.07) is 0. The first-order valence-corrected chi connectivity index (χ1v) is 8.02. The minimum Gasteiger partial charge on any atom is -0.478 e. The van der Waals surface area contributed by atoms with E-state index in [1.807, 2.05) is 0 Å². The van der Waals surface area contributed by atoms with Gasteiger partial charge in [-0.2, -0.15) is 0 Å². The molecule has 134 valence electrons. The summed E-state index contributed by atoms with van der Waals surface area (Å²) in [5.74, 6) is -1.87. The molecule has 1 saturated carbocycles. The predicted octanol–water partition coefficient (Wildman–Crippen LogP) is 4.43. The Morgan fingerprint density at radius 3 is 0.957 bits per heavy atom. The highest BCUT2D eigenvalue weighted by Crippen LogP contribution is 2.18.